The van der Waals surface area contributed by atoms with Crippen LogP contribution < -0.4 is 5.73 Å². The first-order valence-corrected chi connectivity index (χ1v) is 8.94. The lowest BCUT2D eigenvalue weighted by molar-refractivity contribution is -0.208. The Kier molecular flexibility index (Phi) is 7.30. The van der Waals surface area contributed by atoms with E-state index in [1.165, 1.54) is 6.07 Å². The fraction of sp³-hybridized carbons (Fsp3) is 0.529. The van der Waals surface area contributed by atoms with Crippen LogP contribution in [0, 0.1) is 11.7 Å². The summed E-state index contributed by atoms with van der Waals surface area (Å²) in [5.41, 5.74) is 6.36. The lowest BCUT2D eigenvalue weighted by Gasteiger charge is -2.36. The third-order valence-corrected chi connectivity index (χ3v) is 5.00. The smallest absolute Gasteiger partial charge is 0.490 e. The van der Waals surface area contributed by atoms with Crippen molar-refractivity contribution in [2.24, 2.45) is 11.7 Å². The Morgan fingerprint density at radius 1 is 1.31 bits per heavy atom. The van der Waals surface area contributed by atoms with Gasteiger partial charge in [-0.3, -0.25) is 4.79 Å². The Morgan fingerprint density at radius 2 is 1.90 bits per heavy atom. The van der Waals surface area contributed by atoms with Crippen LogP contribution >= 0.6 is 11.6 Å². The predicted molar refractivity (Wildman–Crippen MR) is 92.3 cm³/mol. The number of phenolic OH excluding ortho intramolecular Hbond substituents is 1. The van der Waals surface area contributed by atoms with Gasteiger partial charge in [0, 0.05) is 30.8 Å². The van der Waals surface area contributed by atoms with Gasteiger partial charge in [0.15, 0.2) is 0 Å². The molecule has 4 N–H and O–H groups in total. The summed E-state index contributed by atoms with van der Waals surface area (Å²) in [6, 6.07) is 1.34. The van der Waals surface area contributed by atoms with Gasteiger partial charge >= 0.3 is 12.1 Å². The van der Waals surface area contributed by atoms with Crippen molar-refractivity contribution in [1.82, 2.24) is 4.90 Å². The van der Waals surface area contributed by atoms with Crippen molar-refractivity contribution in [1.29, 1.82) is 0 Å². The maximum absolute atomic E-state index is 13.4. The molecule has 0 unspecified atom stereocenters. The van der Waals surface area contributed by atoms with Crippen molar-refractivity contribution in [3.05, 3.63) is 28.5 Å². The van der Waals surface area contributed by atoms with Crippen molar-refractivity contribution in [2.75, 3.05) is 19.7 Å². The van der Waals surface area contributed by atoms with E-state index in [9.17, 15) is 32.3 Å². The SMILES string of the molecule is N[C@@H](c1cc(Cl)c(F)cc1O)C1CCN(C(=O)[C@@H](CO)OC(=O)C(F)(F)F)CC1. The second kappa shape index (κ2) is 9.14. The van der Waals surface area contributed by atoms with Gasteiger partial charge < -0.3 is 25.6 Å². The van der Waals surface area contributed by atoms with Gasteiger partial charge in [0.05, 0.1) is 11.6 Å². The van der Waals surface area contributed by atoms with Gasteiger partial charge in [-0.15, -0.1) is 0 Å². The van der Waals surface area contributed by atoms with Crippen molar-refractivity contribution in [3.8, 4) is 5.75 Å². The number of likely N-dealkylation sites (tertiary alicyclic amines) is 1. The van der Waals surface area contributed by atoms with Crippen LogP contribution in [-0.2, 0) is 14.3 Å². The summed E-state index contributed by atoms with van der Waals surface area (Å²) >= 11 is 5.72. The topological polar surface area (TPSA) is 113 Å². The number of hydrogen-bond acceptors (Lipinski definition) is 6. The van der Waals surface area contributed by atoms with E-state index in [1.807, 2.05) is 0 Å². The molecule has 0 aromatic heterocycles. The van der Waals surface area contributed by atoms with E-state index in [4.69, 9.17) is 22.4 Å². The molecule has 0 saturated carbocycles. The normalized spacial score (nSPS) is 17.7. The van der Waals surface area contributed by atoms with Crippen LogP contribution in [0.1, 0.15) is 24.4 Å². The summed E-state index contributed by atoms with van der Waals surface area (Å²) in [5.74, 6) is -4.92. The molecular weight excluding hydrogens is 424 g/mol. The molecule has 1 aliphatic heterocycles. The highest BCUT2D eigenvalue weighted by Gasteiger charge is 2.44. The Hall–Kier alpha value is -2.11. The third kappa shape index (κ3) is 5.49. The maximum atomic E-state index is 13.4. The van der Waals surface area contributed by atoms with E-state index < -0.39 is 42.6 Å². The number of amides is 1. The van der Waals surface area contributed by atoms with E-state index in [0.29, 0.717) is 12.8 Å². The Labute approximate surface area is 168 Å². The van der Waals surface area contributed by atoms with Crippen LogP contribution in [-0.4, -0.2) is 59.0 Å². The Balaban J connectivity index is 1.99. The number of rotatable bonds is 5. The minimum absolute atomic E-state index is 0.0763. The number of aliphatic hydroxyl groups is 1. The number of phenols is 1. The number of aliphatic hydroxyl groups excluding tert-OH is 1. The summed E-state index contributed by atoms with van der Waals surface area (Å²) in [7, 11) is 0. The van der Waals surface area contributed by atoms with Gasteiger partial charge in [-0.1, -0.05) is 11.6 Å². The number of carbonyl (C=O) groups is 2. The zero-order chi connectivity index (χ0) is 21.9. The molecule has 29 heavy (non-hydrogen) atoms. The van der Waals surface area contributed by atoms with Crippen molar-refractivity contribution in [2.45, 2.75) is 31.2 Å². The minimum Gasteiger partial charge on any atom is -0.508 e. The summed E-state index contributed by atoms with van der Waals surface area (Å²) in [6.45, 7) is -0.942. The molecule has 1 heterocycles. The van der Waals surface area contributed by atoms with Gasteiger partial charge in [0.1, 0.15) is 11.6 Å². The molecule has 1 amide bonds. The molecular formula is C17H19ClF4N2O5. The molecule has 1 aromatic rings. The summed E-state index contributed by atoms with van der Waals surface area (Å²) in [4.78, 5) is 24.3. The molecule has 7 nitrogen and oxygen atoms in total. The van der Waals surface area contributed by atoms with E-state index in [1.54, 1.807) is 0 Å². The molecule has 0 bridgehead atoms. The molecule has 12 heteroatoms. The highest BCUT2D eigenvalue weighted by Crippen LogP contribution is 2.36. The van der Waals surface area contributed by atoms with Crippen LogP contribution in [0.5, 0.6) is 5.75 Å². The zero-order valence-corrected chi connectivity index (χ0v) is 15.7. The number of halogens is 5. The fourth-order valence-electron chi connectivity index (χ4n) is 3.12. The highest BCUT2D eigenvalue weighted by atomic mass is 35.5. The van der Waals surface area contributed by atoms with Crippen LogP contribution in [0.15, 0.2) is 12.1 Å². The number of benzene rings is 1. The molecule has 0 radical (unpaired) electrons. The van der Waals surface area contributed by atoms with E-state index in [0.717, 1.165) is 11.0 Å². The van der Waals surface area contributed by atoms with Crippen LogP contribution in [0.3, 0.4) is 0 Å². The fourth-order valence-corrected chi connectivity index (χ4v) is 3.29. The van der Waals surface area contributed by atoms with Crippen molar-refractivity contribution < 1.29 is 42.1 Å². The highest BCUT2D eigenvalue weighted by molar-refractivity contribution is 6.30. The van der Waals surface area contributed by atoms with Gasteiger partial charge in [-0.2, -0.15) is 13.2 Å². The summed E-state index contributed by atoms with van der Waals surface area (Å²) in [6.07, 6.45) is -6.63. The zero-order valence-electron chi connectivity index (χ0n) is 15.0. The lowest BCUT2D eigenvalue weighted by Crippen LogP contribution is -2.48. The molecule has 0 aliphatic carbocycles. The van der Waals surface area contributed by atoms with Gasteiger partial charge in [-0.05, 0) is 24.8 Å². The van der Waals surface area contributed by atoms with Gasteiger partial charge in [0.25, 0.3) is 5.91 Å². The monoisotopic (exact) mass is 442 g/mol. The second-order valence-electron chi connectivity index (χ2n) is 6.59. The minimum atomic E-state index is -5.29. The number of aromatic hydroxyl groups is 1. The van der Waals surface area contributed by atoms with Crippen LogP contribution in [0.4, 0.5) is 17.6 Å². The van der Waals surface area contributed by atoms with Crippen LogP contribution in [0.2, 0.25) is 5.02 Å². The number of ether oxygens (including phenoxy) is 1. The molecule has 1 fully saturated rings. The standard InChI is InChI=1S/C17H19ClF4N2O5/c18-10-5-9(12(26)6-11(10)19)14(23)8-1-3-24(4-2-8)15(27)13(7-25)29-16(28)17(20,21)22/h5-6,8,13-14,25-26H,1-4,7,23H2/t13-,14-/m1/s1. The molecule has 2 rings (SSSR count). The molecule has 1 aliphatic rings. The first-order valence-electron chi connectivity index (χ1n) is 8.56. The van der Waals surface area contributed by atoms with E-state index >= 15 is 0 Å². The van der Waals surface area contributed by atoms with Crippen molar-refractivity contribution >= 4 is 23.5 Å². The molecule has 1 aromatic carbocycles. The number of nitrogens with two attached hydrogens (primary N) is 1. The molecule has 1 saturated heterocycles. The first-order chi connectivity index (χ1) is 13.5. The number of hydrogen-bond donors (Lipinski definition) is 3. The number of carbonyl (C=O) groups excluding carboxylic acids is 2. The second-order valence-corrected chi connectivity index (χ2v) is 7.00. The molecule has 0 spiro atoms. The Bertz CT molecular complexity index is 769. The van der Waals surface area contributed by atoms with Crippen LogP contribution in [0.25, 0.3) is 0 Å². The molecule has 162 valence electrons. The quantitative estimate of drug-likeness (QED) is 0.474. The average molecular weight is 443 g/mol. The summed E-state index contributed by atoms with van der Waals surface area (Å²) in [5, 5.41) is 18.8. The van der Waals surface area contributed by atoms with E-state index in [2.05, 4.69) is 4.74 Å². The number of esters is 1. The summed E-state index contributed by atoms with van der Waals surface area (Å²) < 4.78 is 54.3. The Morgan fingerprint density at radius 3 is 2.41 bits per heavy atom. The maximum Gasteiger partial charge on any atom is 0.490 e. The largest absolute Gasteiger partial charge is 0.508 e. The third-order valence-electron chi connectivity index (χ3n) is 4.71. The average Bonchev–Trinajstić information content (AvgIpc) is 2.67. The number of alkyl halides is 3. The number of nitrogens with zero attached hydrogens (tertiary/aromatic N) is 1. The predicted octanol–water partition coefficient (Wildman–Crippen LogP) is 1.89. The molecule has 2 atom stereocenters. The van der Waals surface area contributed by atoms with Gasteiger partial charge in [0.2, 0.25) is 6.10 Å². The van der Waals surface area contributed by atoms with Crippen molar-refractivity contribution in [3.63, 3.8) is 0 Å². The number of piperidine rings is 1. The van der Waals surface area contributed by atoms with E-state index in [-0.39, 0.29) is 35.3 Å². The lowest BCUT2D eigenvalue weighted by atomic mass is 9.85. The van der Waals surface area contributed by atoms with Gasteiger partial charge in [-0.25, -0.2) is 9.18 Å². The first kappa shape index (κ1) is 23.2.